The topological polar surface area (TPSA) is 57.5 Å². The summed E-state index contributed by atoms with van der Waals surface area (Å²) in [4.78, 5) is 11.5. The molecule has 0 heterocycles. The van der Waals surface area contributed by atoms with Gasteiger partial charge in [0.2, 0.25) is 0 Å². The van der Waals surface area contributed by atoms with E-state index in [0.717, 1.165) is 23.7 Å². The number of aliphatic hydroxyl groups is 1. The summed E-state index contributed by atoms with van der Waals surface area (Å²) < 4.78 is 0.839. The Bertz CT molecular complexity index is 438. The molecule has 1 aliphatic carbocycles. The number of hydrogen-bond donors (Lipinski definition) is 2. The number of halogens is 1. The second-order valence-electron chi connectivity index (χ2n) is 4.99. The first-order chi connectivity index (χ1) is 8.53. The number of benzene rings is 1. The monoisotopic (exact) mass is 312 g/mol. The number of carbonyl (C=O) groups is 1. The third-order valence-electron chi connectivity index (χ3n) is 3.69. The molecule has 0 unspecified atom stereocenters. The molecule has 1 aromatic carbocycles. The van der Waals surface area contributed by atoms with E-state index < -0.39 is 17.5 Å². The average molecular weight is 313 g/mol. The second kappa shape index (κ2) is 5.41. The van der Waals surface area contributed by atoms with Crippen molar-refractivity contribution in [2.24, 2.45) is 0 Å². The fourth-order valence-corrected chi connectivity index (χ4v) is 3.24. The molecule has 0 aliphatic heterocycles. The van der Waals surface area contributed by atoms with Crippen molar-refractivity contribution >= 4 is 21.9 Å². The maximum Gasteiger partial charge on any atom is 0.313 e. The average Bonchev–Trinajstić information content (AvgIpc) is 2.29. The minimum Gasteiger partial charge on any atom is -0.481 e. The van der Waals surface area contributed by atoms with Gasteiger partial charge in [0.1, 0.15) is 5.92 Å². The molecule has 1 fully saturated rings. The van der Waals surface area contributed by atoms with Crippen molar-refractivity contribution in [1.29, 1.82) is 0 Å². The zero-order valence-electron chi connectivity index (χ0n) is 10.1. The van der Waals surface area contributed by atoms with Crippen LogP contribution < -0.4 is 0 Å². The Hall–Kier alpha value is -0.870. The van der Waals surface area contributed by atoms with E-state index in [0.29, 0.717) is 18.4 Å². The van der Waals surface area contributed by atoms with Crippen molar-refractivity contribution in [1.82, 2.24) is 0 Å². The standard InChI is InChI=1S/C14H17BrO3/c15-11-6-4-5-10(9-11)12(13(16)17)14(18)7-2-1-3-8-14/h4-6,9,12,18H,1-3,7-8H2,(H,16,17)/t12-/m1/s1. The van der Waals surface area contributed by atoms with Gasteiger partial charge in [-0.3, -0.25) is 4.79 Å². The molecular formula is C14H17BrO3. The first kappa shape index (κ1) is 13.6. The summed E-state index contributed by atoms with van der Waals surface area (Å²) in [6, 6.07) is 7.22. The van der Waals surface area contributed by atoms with Crippen molar-refractivity contribution in [3.63, 3.8) is 0 Å². The van der Waals surface area contributed by atoms with Gasteiger partial charge in [0.25, 0.3) is 0 Å². The summed E-state index contributed by atoms with van der Waals surface area (Å²) in [6.07, 6.45) is 4.00. The van der Waals surface area contributed by atoms with Crippen molar-refractivity contribution in [3.05, 3.63) is 34.3 Å². The highest BCUT2D eigenvalue weighted by molar-refractivity contribution is 9.10. The number of aliphatic carboxylic acids is 1. The second-order valence-corrected chi connectivity index (χ2v) is 5.91. The van der Waals surface area contributed by atoms with Gasteiger partial charge in [-0.25, -0.2) is 0 Å². The minimum atomic E-state index is -1.11. The number of hydrogen-bond acceptors (Lipinski definition) is 2. The lowest BCUT2D eigenvalue weighted by molar-refractivity contribution is -0.147. The highest BCUT2D eigenvalue weighted by Gasteiger charge is 2.43. The molecule has 98 valence electrons. The molecule has 2 rings (SSSR count). The van der Waals surface area contributed by atoms with Crippen molar-refractivity contribution in [3.8, 4) is 0 Å². The molecule has 0 amide bonds. The third kappa shape index (κ3) is 2.75. The van der Waals surface area contributed by atoms with E-state index in [-0.39, 0.29) is 0 Å². The van der Waals surface area contributed by atoms with Gasteiger partial charge in [0.15, 0.2) is 0 Å². The largest absolute Gasteiger partial charge is 0.481 e. The van der Waals surface area contributed by atoms with E-state index >= 15 is 0 Å². The minimum absolute atomic E-state index is 0.566. The highest BCUT2D eigenvalue weighted by atomic mass is 79.9. The lowest BCUT2D eigenvalue weighted by Crippen LogP contribution is -2.42. The summed E-state index contributed by atoms with van der Waals surface area (Å²) in [6.45, 7) is 0. The lowest BCUT2D eigenvalue weighted by Gasteiger charge is -2.37. The Morgan fingerprint density at radius 1 is 1.28 bits per heavy atom. The van der Waals surface area contributed by atoms with Crippen LogP contribution in [0.2, 0.25) is 0 Å². The van der Waals surface area contributed by atoms with Gasteiger partial charge >= 0.3 is 5.97 Å². The van der Waals surface area contributed by atoms with Gasteiger partial charge in [-0.1, -0.05) is 47.3 Å². The van der Waals surface area contributed by atoms with Gasteiger partial charge in [0.05, 0.1) is 5.60 Å². The smallest absolute Gasteiger partial charge is 0.313 e. The van der Waals surface area contributed by atoms with E-state index in [4.69, 9.17) is 0 Å². The van der Waals surface area contributed by atoms with Crippen LogP contribution in [0, 0.1) is 0 Å². The SMILES string of the molecule is O=C(O)[C@@H](c1cccc(Br)c1)C1(O)CCCCC1. The van der Waals surface area contributed by atoms with Crippen molar-refractivity contribution in [2.75, 3.05) is 0 Å². The van der Waals surface area contributed by atoms with Gasteiger partial charge in [-0.05, 0) is 30.5 Å². The van der Waals surface area contributed by atoms with Crippen molar-refractivity contribution in [2.45, 2.75) is 43.6 Å². The van der Waals surface area contributed by atoms with Gasteiger partial charge in [0, 0.05) is 4.47 Å². The maximum atomic E-state index is 11.5. The first-order valence-electron chi connectivity index (χ1n) is 6.23. The molecule has 0 bridgehead atoms. The summed E-state index contributed by atoms with van der Waals surface area (Å²) in [5.74, 6) is -1.78. The first-order valence-corrected chi connectivity index (χ1v) is 7.03. The molecule has 1 aromatic rings. The molecule has 1 atom stereocenters. The molecule has 2 N–H and O–H groups in total. The van der Waals surface area contributed by atoms with Crippen LogP contribution in [0.15, 0.2) is 28.7 Å². The van der Waals surface area contributed by atoms with Gasteiger partial charge in [-0.2, -0.15) is 0 Å². The van der Waals surface area contributed by atoms with E-state index in [1.54, 1.807) is 12.1 Å². The van der Waals surface area contributed by atoms with Crippen LogP contribution in [-0.4, -0.2) is 21.8 Å². The number of carboxylic acids is 1. The van der Waals surface area contributed by atoms with E-state index in [1.807, 2.05) is 12.1 Å². The molecule has 3 nitrogen and oxygen atoms in total. The number of rotatable bonds is 3. The maximum absolute atomic E-state index is 11.5. The summed E-state index contributed by atoms with van der Waals surface area (Å²) >= 11 is 3.35. The Morgan fingerprint density at radius 2 is 1.94 bits per heavy atom. The molecule has 0 spiro atoms. The van der Waals surface area contributed by atoms with Crippen LogP contribution in [0.3, 0.4) is 0 Å². The Balaban J connectivity index is 2.36. The predicted octanol–water partition coefficient (Wildman–Crippen LogP) is 3.31. The molecule has 18 heavy (non-hydrogen) atoms. The van der Waals surface area contributed by atoms with Crippen LogP contribution >= 0.6 is 15.9 Å². The Labute approximate surface area is 115 Å². The fraction of sp³-hybridized carbons (Fsp3) is 0.500. The molecule has 0 aromatic heterocycles. The van der Waals surface area contributed by atoms with Crippen LogP contribution in [-0.2, 0) is 4.79 Å². The predicted molar refractivity (Wildman–Crippen MR) is 72.6 cm³/mol. The van der Waals surface area contributed by atoms with Crippen LogP contribution in [0.5, 0.6) is 0 Å². The molecule has 0 radical (unpaired) electrons. The summed E-state index contributed by atoms with van der Waals surface area (Å²) in [5, 5.41) is 20.1. The Morgan fingerprint density at radius 3 is 2.50 bits per heavy atom. The summed E-state index contributed by atoms with van der Waals surface area (Å²) in [5.41, 5.74) is -0.438. The van der Waals surface area contributed by atoms with Crippen LogP contribution in [0.4, 0.5) is 0 Å². The van der Waals surface area contributed by atoms with Gasteiger partial charge in [-0.15, -0.1) is 0 Å². The summed E-state index contributed by atoms with van der Waals surface area (Å²) in [7, 11) is 0. The highest BCUT2D eigenvalue weighted by Crippen LogP contribution is 2.40. The third-order valence-corrected chi connectivity index (χ3v) is 4.18. The zero-order chi connectivity index (χ0) is 13.2. The molecule has 1 aliphatic rings. The molecule has 4 heteroatoms. The van der Waals surface area contributed by atoms with Crippen LogP contribution in [0.25, 0.3) is 0 Å². The molecule has 0 saturated heterocycles. The van der Waals surface area contributed by atoms with Gasteiger partial charge < -0.3 is 10.2 Å². The molecular weight excluding hydrogens is 296 g/mol. The van der Waals surface area contributed by atoms with E-state index in [2.05, 4.69) is 15.9 Å². The quantitative estimate of drug-likeness (QED) is 0.900. The normalized spacial score (nSPS) is 20.3. The lowest BCUT2D eigenvalue weighted by atomic mass is 9.73. The number of carboxylic acid groups (broad SMARTS) is 1. The molecule has 1 saturated carbocycles. The van der Waals surface area contributed by atoms with E-state index in [9.17, 15) is 15.0 Å². The zero-order valence-corrected chi connectivity index (χ0v) is 11.7. The van der Waals surface area contributed by atoms with Crippen LogP contribution in [0.1, 0.15) is 43.6 Å². The Kier molecular flexibility index (Phi) is 4.07. The van der Waals surface area contributed by atoms with Crippen molar-refractivity contribution < 1.29 is 15.0 Å². The van der Waals surface area contributed by atoms with E-state index in [1.165, 1.54) is 0 Å². The fourth-order valence-electron chi connectivity index (χ4n) is 2.82.